The van der Waals surface area contributed by atoms with Crippen LogP contribution in [0.25, 0.3) is 0 Å². The zero-order chi connectivity index (χ0) is 14.1. The maximum Gasteiger partial charge on any atom is 0.258 e. The van der Waals surface area contributed by atoms with Gasteiger partial charge in [0.2, 0.25) is 0 Å². The summed E-state index contributed by atoms with van der Waals surface area (Å²) >= 11 is 3.41. The first-order valence-corrected chi connectivity index (χ1v) is 7.40. The van der Waals surface area contributed by atoms with E-state index in [1.807, 2.05) is 47.4 Å². The molecule has 2 N–H and O–H groups in total. The minimum atomic E-state index is 0.0258. The van der Waals surface area contributed by atoms with Crippen molar-refractivity contribution in [3.63, 3.8) is 0 Å². The third kappa shape index (κ3) is 2.43. The molecule has 102 valence electrons. The Balaban J connectivity index is 2.00. The lowest BCUT2D eigenvalue weighted by atomic mass is 10.00. The molecule has 0 spiro atoms. The van der Waals surface area contributed by atoms with Gasteiger partial charge in [-0.3, -0.25) is 4.79 Å². The van der Waals surface area contributed by atoms with Gasteiger partial charge in [0.1, 0.15) is 0 Å². The second kappa shape index (κ2) is 5.29. The van der Waals surface area contributed by atoms with Gasteiger partial charge in [0.25, 0.3) is 5.91 Å². The SMILES string of the molecule is Nc1ccc2c(c1)N(C(=O)c1cccc(Br)c1)CCC2. The molecule has 1 amide bonds. The number of nitrogens with two attached hydrogens (primary N) is 1. The van der Waals surface area contributed by atoms with Gasteiger partial charge in [0.05, 0.1) is 0 Å². The van der Waals surface area contributed by atoms with E-state index in [0.717, 1.165) is 29.5 Å². The lowest BCUT2D eigenvalue weighted by molar-refractivity contribution is 0.0985. The molecule has 0 unspecified atom stereocenters. The second-order valence-corrected chi connectivity index (χ2v) is 5.87. The molecule has 2 aromatic rings. The van der Waals surface area contributed by atoms with Crippen molar-refractivity contribution in [1.82, 2.24) is 0 Å². The second-order valence-electron chi connectivity index (χ2n) is 4.96. The van der Waals surface area contributed by atoms with Gasteiger partial charge in [0, 0.05) is 28.0 Å². The van der Waals surface area contributed by atoms with Gasteiger partial charge in [-0.2, -0.15) is 0 Å². The Hall–Kier alpha value is -1.81. The van der Waals surface area contributed by atoms with E-state index in [1.165, 1.54) is 5.56 Å². The number of amides is 1. The molecule has 0 atom stereocenters. The first-order chi connectivity index (χ1) is 9.65. The molecule has 0 saturated heterocycles. The summed E-state index contributed by atoms with van der Waals surface area (Å²) < 4.78 is 0.910. The fourth-order valence-corrected chi connectivity index (χ4v) is 2.98. The van der Waals surface area contributed by atoms with Gasteiger partial charge >= 0.3 is 0 Å². The van der Waals surface area contributed by atoms with Crippen LogP contribution in [0.3, 0.4) is 0 Å². The molecule has 0 aliphatic carbocycles. The Kier molecular flexibility index (Phi) is 3.49. The number of halogens is 1. The normalized spacial score (nSPS) is 13.9. The minimum absolute atomic E-state index is 0.0258. The van der Waals surface area contributed by atoms with E-state index in [9.17, 15) is 4.79 Å². The molecule has 0 aromatic heterocycles. The van der Waals surface area contributed by atoms with Gasteiger partial charge in [-0.25, -0.2) is 0 Å². The quantitative estimate of drug-likeness (QED) is 0.811. The zero-order valence-corrected chi connectivity index (χ0v) is 12.6. The molecule has 0 radical (unpaired) electrons. The van der Waals surface area contributed by atoms with Crippen LogP contribution in [0.5, 0.6) is 0 Å². The highest BCUT2D eigenvalue weighted by molar-refractivity contribution is 9.10. The van der Waals surface area contributed by atoms with E-state index in [0.29, 0.717) is 11.3 Å². The van der Waals surface area contributed by atoms with Crippen LogP contribution >= 0.6 is 15.9 Å². The fraction of sp³-hybridized carbons (Fsp3) is 0.188. The highest BCUT2D eigenvalue weighted by Gasteiger charge is 2.23. The number of carbonyl (C=O) groups excluding carboxylic acids is 1. The van der Waals surface area contributed by atoms with E-state index in [2.05, 4.69) is 15.9 Å². The van der Waals surface area contributed by atoms with Crippen LogP contribution in [-0.4, -0.2) is 12.5 Å². The molecule has 0 saturated carbocycles. The molecule has 0 bridgehead atoms. The lowest BCUT2D eigenvalue weighted by Gasteiger charge is -2.30. The average molecular weight is 331 g/mol. The summed E-state index contributed by atoms with van der Waals surface area (Å²) in [6, 6.07) is 13.3. The predicted molar refractivity (Wildman–Crippen MR) is 85.0 cm³/mol. The average Bonchev–Trinajstić information content (AvgIpc) is 2.46. The predicted octanol–water partition coefficient (Wildman–Crippen LogP) is 3.62. The van der Waals surface area contributed by atoms with Crippen molar-refractivity contribution in [1.29, 1.82) is 0 Å². The third-order valence-electron chi connectivity index (χ3n) is 3.54. The number of hydrogen-bond acceptors (Lipinski definition) is 2. The van der Waals surface area contributed by atoms with Crippen molar-refractivity contribution in [2.24, 2.45) is 0 Å². The number of anilines is 2. The van der Waals surface area contributed by atoms with Crippen molar-refractivity contribution in [3.05, 3.63) is 58.1 Å². The molecule has 1 heterocycles. The van der Waals surface area contributed by atoms with Crippen LogP contribution in [0.15, 0.2) is 46.9 Å². The minimum Gasteiger partial charge on any atom is -0.399 e. The number of aryl methyl sites for hydroxylation is 1. The monoisotopic (exact) mass is 330 g/mol. The topological polar surface area (TPSA) is 46.3 Å². The first-order valence-electron chi connectivity index (χ1n) is 6.61. The summed E-state index contributed by atoms with van der Waals surface area (Å²) in [6.07, 6.45) is 1.98. The number of carbonyl (C=O) groups is 1. The number of benzene rings is 2. The molecule has 1 aliphatic rings. The van der Waals surface area contributed by atoms with Gasteiger partial charge in [0.15, 0.2) is 0 Å². The summed E-state index contributed by atoms with van der Waals surface area (Å²) in [6.45, 7) is 0.738. The van der Waals surface area contributed by atoms with Crippen molar-refractivity contribution < 1.29 is 4.79 Å². The van der Waals surface area contributed by atoms with E-state index in [4.69, 9.17) is 5.73 Å². The van der Waals surface area contributed by atoms with Crippen molar-refractivity contribution >= 4 is 33.2 Å². The number of rotatable bonds is 1. The number of nitrogen functional groups attached to an aromatic ring is 1. The van der Waals surface area contributed by atoms with E-state index >= 15 is 0 Å². The summed E-state index contributed by atoms with van der Waals surface area (Å²) in [5.74, 6) is 0.0258. The van der Waals surface area contributed by atoms with Crippen LogP contribution in [0, 0.1) is 0 Å². The molecule has 2 aromatic carbocycles. The molecule has 3 rings (SSSR count). The number of fused-ring (bicyclic) bond motifs is 1. The Bertz CT molecular complexity index is 669. The maximum atomic E-state index is 12.7. The summed E-state index contributed by atoms with van der Waals surface area (Å²) in [4.78, 5) is 14.5. The maximum absolute atomic E-state index is 12.7. The molecule has 3 nitrogen and oxygen atoms in total. The van der Waals surface area contributed by atoms with Crippen LogP contribution < -0.4 is 10.6 Å². The Morgan fingerprint density at radius 3 is 2.85 bits per heavy atom. The molecule has 0 fully saturated rings. The summed E-state index contributed by atoms with van der Waals surface area (Å²) in [5, 5.41) is 0. The van der Waals surface area contributed by atoms with E-state index in [1.54, 1.807) is 0 Å². The smallest absolute Gasteiger partial charge is 0.258 e. The van der Waals surface area contributed by atoms with Crippen LogP contribution in [0.2, 0.25) is 0 Å². The lowest BCUT2D eigenvalue weighted by Crippen LogP contribution is -2.35. The number of hydrogen-bond donors (Lipinski definition) is 1. The fourth-order valence-electron chi connectivity index (χ4n) is 2.58. The Morgan fingerprint density at radius 1 is 1.20 bits per heavy atom. The molecule has 20 heavy (non-hydrogen) atoms. The van der Waals surface area contributed by atoms with Gasteiger partial charge < -0.3 is 10.6 Å². The Labute approximate surface area is 126 Å². The van der Waals surface area contributed by atoms with Crippen molar-refractivity contribution in [3.8, 4) is 0 Å². The Morgan fingerprint density at radius 2 is 2.05 bits per heavy atom. The van der Waals surface area contributed by atoms with Crippen LogP contribution in [0.4, 0.5) is 11.4 Å². The first kappa shape index (κ1) is 13.2. The highest BCUT2D eigenvalue weighted by Crippen LogP contribution is 2.30. The molecular weight excluding hydrogens is 316 g/mol. The van der Waals surface area contributed by atoms with Crippen LogP contribution in [0.1, 0.15) is 22.3 Å². The number of nitrogens with zero attached hydrogens (tertiary/aromatic N) is 1. The van der Waals surface area contributed by atoms with E-state index < -0.39 is 0 Å². The van der Waals surface area contributed by atoms with Gasteiger partial charge in [-0.15, -0.1) is 0 Å². The molecule has 1 aliphatic heterocycles. The third-order valence-corrected chi connectivity index (χ3v) is 4.04. The highest BCUT2D eigenvalue weighted by atomic mass is 79.9. The molecule has 4 heteroatoms. The van der Waals surface area contributed by atoms with Crippen molar-refractivity contribution in [2.45, 2.75) is 12.8 Å². The van der Waals surface area contributed by atoms with Gasteiger partial charge in [-0.05, 0) is 48.7 Å². The molecular formula is C16H15BrN2O. The van der Waals surface area contributed by atoms with E-state index in [-0.39, 0.29) is 5.91 Å². The standard InChI is InChI=1S/C16H15BrN2O/c17-13-5-1-3-12(9-13)16(20)19-8-2-4-11-6-7-14(18)10-15(11)19/h1,3,5-7,9-10H,2,4,8,18H2. The van der Waals surface area contributed by atoms with Gasteiger partial charge in [-0.1, -0.05) is 28.1 Å². The van der Waals surface area contributed by atoms with Crippen molar-refractivity contribution in [2.75, 3.05) is 17.2 Å². The summed E-state index contributed by atoms with van der Waals surface area (Å²) in [7, 11) is 0. The summed E-state index contributed by atoms with van der Waals surface area (Å²) in [5.41, 5.74) is 9.38. The van der Waals surface area contributed by atoms with Crippen LogP contribution in [-0.2, 0) is 6.42 Å². The zero-order valence-electron chi connectivity index (χ0n) is 11.0. The largest absolute Gasteiger partial charge is 0.399 e.